The summed E-state index contributed by atoms with van der Waals surface area (Å²) in [7, 11) is 0. The molecule has 0 aliphatic carbocycles. The van der Waals surface area contributed by atoms with Crippen LogP contribution >= 0.6 is 0 Å². The smallest absolute Gasteiger partial charge is 0.245 e. The Kier molecular flexibility index (Phi) is 3.57. The molecule has 98 valence electrons. The van der Waals surface area contributed by atoms with E-state index in [-0.39, 0.29) is 18.6 Å². The van der Waals surface area contributed by atoms with Gasteiger partial charge in [-0.1, -0.05) is 12.1 Å². The first-order chi connectivity index (χ1) is 8.52. The molecule has 1 aliphatic rings. The third-order valence-corrected chi connectivity index (χ3v) is 3.39. The normalized spacial score (nSPS) is 24.0. The number of anilines is 1. The van der Waals surface area contributed by atoms with Crippen molar-refractivity contribution in [2.45, 2.75) is 32.9 Å². The highest BCUT2D eigenvalue weighted by Gasteiger charge is 2.32. The van der Waals surface area contributed by atoms with Crippen LogP contribution in [0.3, 0.4) is 0 Å². The van der Waals surface area contributed by atoms with E-state index in [4.69, 9.17) is 0 Å². The van der Waals surface area contributed by atoms with Crippen molar-refractivity contribution < 1.29 is 9.90 Å². The molecule has 1 saturated heterocycles. The molecular formula is C14H20N2O2. The number of nitrogens with one attached hydrogen (secondary N) is 1. The largest absolute Gasteiger partial charge is 0.394 e. The molecule has 0 bridgehead atoms. The summed E-state index contributed by atoms with van der Waals surface area (Å²) in [6.07, 6.45) is 0. The van der Waals surface area contributed by atoms with Gasteiger partial charge in [0.2, 0.25) is 5.91 Å². The minimum absolute atomic E-state index is 0.0974. The zero-order chi connectivity index (χ0) is 13.3. The highest BCUT2D eigenvalue weighted by atomic mass is 16.3. The van der Waals surface area contributed by atoms with Crippen molar-refractivity contribution in [2.24, 2.45) is 0 Å². The van der Waals surface area contributed by atoms with Crippen molar-refractivity contribution >= 4 is 11.6 Å². The molecule has 2 N–H and O–H groups in total. The number of aliphatic hydroxyl groups is 1. The van der Waals surface area contributed by atoms with Crippen LogP contribution in [0.2, 0.25) is 0 Å². The van der Waals surface area contributed by atoms with Gasteiger partial charge in [0, 0.05) is 18.3 Å². The van der Waals surface area contributed by atoms with E-state index in [1.54, 1.807) is 0 Å². The summed E-state index contributed by atoms with van der Waals surface area (Å²) in [6, 6.07) is 5.79. The van der Waals surface area contributed by atoms with Crippen LogP contribution in [0.1, 0.15) is 18.1 Å². The van der Waals surface area contributed by atoms with Crippen LogP contribution in [0.5, 0.6) is 0 Å². The average Bonchev–Trinajstić information content (AvgIpc) is 2.31. The Morgan fingerprint density at radius 1 is 1.44 bits per heavy atom. The van der Waals surface area contributed by atoms with Crippen molar-refractivity contribution in [3.63, 3.8) is 0 Å². The van der Waals surface area contributed by atoms with Gasteiger partial charge in [0.15, 0.2) is 0 Å². The Balaban J connectivity index is 2.39. The number of rotatable bonds is 2. The SMILES string of the molecule is Cc1ccc(C)c(N2CC(C)NC(=O)C2CO)c1. The van der Waals surface area contributed by atoms with E-state index in [9.17, 15) is 9.90 Å². The molecule has 18 heavy (non-hydrogen) atoms. The fourth-order valence-corrected chi connectivity index (χ4v) is 2.43. The molecule has 0 aromatic heterocycles. The second-order valence-corrected chi connectivity index (χ2v) is 5.05. The molecule has 4 nitrogen and oxygen atoms in total. The first-order valence-corrected chi connectivity index (χ1v) is 6.28. The van der Waals surface area contributed by atoms with E-state index in [1.165, 1.54) is 0 Å². The van der Waals surface area contributed by atoms with Gasteiger partial charge in [-0.25, -0.2) is 0 Å². The summed E-state index contributed by atoms with van der Waals surface area (Å²) in [5.74, 6) is -0.0999. The average molecular weight is 248 g/mol. The molecule has 0 saturated carbocycles. The lowest BCUT2D eigenvalue weighted by Gasteiger charge is -2.39. The molecule has 1 aromatic rings. The number of carbonyl (C=O) groups is 1. The minimum Gasteiger partial charge on any atom is -0.394 e. The van der Waals surface area contributed by atoms with Crippen molar-refractivity contribution in [1.29, 1.82) is 0 Å². The van der Waals surface area contributed by atoms with Crippen molar-refractivity contribution in [3.05, 3.63) is 29.3 Å². The van der Waals surface area contributed by atoms with Crippen LogP contribution < -0.4 is 10.2 Å². The van der Waals surface area contributed by atoms with Crippen LogP contribution in [-0.4, -0.2) is 36.2 Å². The summed E-state index contributed by atoms with van der Waals surface area (Å²) >= 11 is 0. The van der Waals surface area contributed by atoms with Gasteiger partial charge in [0.1, 0.15) is 6.04 Å². The lowest BCUT2D eigenvalue weighted by atomic mass is 10.0. The lowest BCUT2D eigenvalue weighted by molar-refractivity contribution is -0.125. The second-order valence-electron chi connectivity index (χ2n) is 5.05. The molecule has 2 atom stereocenters. The Hall–Kier alpha value is -1.55. The van der Waals surface area contributed by atoms with Crippen molar-refractivity contribution in [2.75, 3.05) is 18.1 Å². The van der Waals surface area contributed by atoms with Gasteiger partial charge in [0.05, 0.1) is 6.61 Å². The van der Waals surface area contributed by atoms with Crippen LogP contribution in [0.4, 0.5) is 5.69 Å². The van der Waals surface area contributed by atoms with E-state index in [0.717, 1.165) is 23.4 Å². The molecule has 1 heterocycles. The van der Waals surface area contributed by atoms with Crippen LogP contribution in [0.15, 0.2) is 18.2 Å². The van der Waals surface area contributed by atoms with Gasteiger partial charge >= 0.3 is 0 Å². The molecule has 0 radical (unpaired) electrons. The zero-order valence-corrected chi connectivity index (χ0v) is 11.1. The number of carbonyl (C=O) groups excluding carboxylic acids is 1. The summed E-state index contributed by atoms with van der Waals surface area (Å²) < 4.78 is 0. The number of nitrogens with zero attached hydrogens (tertiary/aromatic N) is 1. The molecule has 4 heteroatoms. The molecule has 1 amide bonds. The molecule has 2 rings (SSSR count). The monoisotopic (exact) mass is 248 g/mol. The molecule has 0 spiro atoms. The predicted octanol–water partition coefficient (Wildman–Crippen LogP) is 0.989. The maximum Gasteiger partial charge on any atom is 0.245 e. The number of piperazine rings is 1. The number of aliphatic hydroxyl groups excluding tert-OH is 1. The van der Waals surface area contributed by atoms with Gasteiger partial charge in [-0.15, -0.1) is 0 Å². The number of benzene rings is 1. The summed E-state index contributed by atoms with van der Waals surface area (Å²) in [5.41, 5.74) is 3.32. The Bertz CT molecular complexity index is 459. The van der Waals surface area contributed by atoms with Crippen LogP contribution in [0.25, 0.3) is 0 Å². The highest BCUT2D eigenvalue weighted by molar-refractivity contribution is 5.87. The summed E-state index contributed by atoms with van der Waals surface area (Å²) in [6.45, 7) is 6.60. The van der Waals surface area contributed by atoms with Crippen molar-refractivity contribution in [3.8, 4) is 0 Å². The number of hydrogen-bond acceptors (Lipinski definition) is 3. The van der Waals surface area contributed by atoms with Crippen molar-refractivity contribution in [1.82, 2.24) is 5.32 Å². The topological polar surface area (TPSA) is 52.6 Å². The van der Waals surface area contributed by atoms with Crippen LogP contribution in [-0.2, 0) is 4.79 Å². The summed E-state index contributed by atoms with van der Waals surface area (Å²) in [5, 5.41) is 12.3. The molecule has 2 unspecified atom stereocenters. The molecular weight excluding hydrogens is 228 g/mol. The zero-order valence-electron chi connectivity index (χ0n) is 11.1. The van der Waals surface area contributed by atoms with Gasteiger partial charge in [0.25, 0.3) is 0 Å². The predicted molar refractivity (Wildman–Crippen MR) is 71.7 cm³/mol. The van der Waals surface area contributed by atoms with Gasteiger partial charge in [-0.3, -0.25) is 4.79 Å². The van der Waals surface area contributed by atoms with E-state index in [2.05, 4.69) is 23.5 Å². The first kappa shape index (κ1) is 12.9. The van der Waals surface area contributed by atoms with Crippen LogP contribution in [0, 0.1) is 13.8 Å². The third-order valence-electron chi connectivity index (χ3n) is 3.39. The van der Waals surface area contributed by atoms with Gasteiger partial charge in [-0.05, 0) is 38.0 Å². The Labute approximate surface area is 108 Å². The Morgan fingerprint density at radius 2 is 2.17 bits per heavy atom. The minimum atomic E-state index is -0.485. The maximum absolute atomic E-state index is 11.9. The molecule has 1 aromatic carbocycles. The molecule has 1 fully saturated rings. The third kappa shape index (κ3) is 2.34. The van der Waals surface area contributed by atoms with E-state index in [1.807, 2.05) is 25.7 Å². The van der Waals surface area contributed by atoms with E-state index < -0.39 is 6.04 Å². The summed E-state index contributed by atoms with van der Waals surface area (Å²) in [4.78, 5) is 13.9. The fourth-order valence-electron chi connectivity index (χ4n) is 2.43. The quantitative estimate of drug-likeness (QED) is 0.820. The second kappa shape index (κ2) is 4.98. The first-order valence-electron chi connectivity index (χ1n) is 6.28. The van der Waals surface area contributed by atoms with E-state index >= 15 is 0 Å². The van der Waals surface area contributed by atoms with Gasteiger partial charge < -0.3 is 15.3 Å². The maximum atomic E-state index is 11.9. The number of aryl methyl sites for hydroxylation is 2. The number of hydrogen-bond donors (Lipinski definition) is 2. The highest BCUT2D eigenvalue weighted by Crippen LogP contribution is 2.25. The lowest BCUT2D eigenvalue weighted by Crippen LogP contribution is -2.60. The molecule has 1 aliphatic heterocycles. The Morgan fingerprint density at radius 3 is 2.83 bits per heavy atom. The standard InChI is InChI=1S/C14H20N2O2/c1-9-4-5-10(2)12(6-9)16-7-11(3)15-14(18)13(16)8-17/h4-6,11,13,17H,7-8H2,1-3H3,(H,15,18). The van der Waals surface area contributed by atoms with Gasteiger partial charge in [-0.2, -0.15) is 0 Å². The number of amides is 1. The fraction of sp³-hybridized carbons (Fsp3) is 0.500. The van der Waals surface area contributed by atoms with E-state index in [0.29, 0.717) is 0 Å².